The second-order valence-electron chi connectivity index (χ2n) is 6.84. The van der Waals surface area contributed by atoms with E-state index in [0.717, 1.165) is 23.2 Å². The minimum Gasteiger partial charge on any atom is -0.465 e. The van der Waals surface area contributed by atoms with Crippen molar-refractivity contribution in [3.8, 4) is 0 Å². The van der Waals surface area contributed by atoms with Crippen LogP contribution in [0, 0.1) is 0 Å². The van der Waals surface area contributed by atoms with Gasteiger partial charge in [0.05, 0.1) is 12.7 Å². The van der Waals surface area contributed by atoms with E-state index >= 15 is 0 Å². The monoisotopic (exact) mass is 335 g/mol. The molecule has 1 heterocycles. The van der Waals surface area contributed by atoms with Gasteiger partial charge in [0.15, 0.2) is 5.78 Å². The molecule has 0 fully saturated rings. The van der Waals surface area contributed by atoms with Crippen LogP contribution in [0.5, 0.6) is 0 Å². The number of hydrogen-bond donors (Lipinski definition) is 1. The van der Waals surface area contributed by atoms with Gasteiger partial charge in [-0.1, -0.05) is 36.4 Å². The van der Waals surface area contributed by atoms with Crippen molar-refractivity contribution in [1.82, 2.24) is 5.32 Å². The Morgan fingerprint density at radius 2 is 1.80 bits per heavy atom. The first kappa shape index (κ1) is 17.0. The van der Waals surface area contributed by atoms with Crippen molar-refractivity contribution >= 4 is 17.4 Å². The summed E-state index contributed by atoms with van der Waals surface area (Å²) in [5, 5.41) is 3.42. The van der Waals surface area contributed by atoms with Crippen molar-refractivity contribution in [2.75, 3.05) is 7.11 Å². The molecule has 2 aromatic rings. The Labute approximate surface area is 147 Å². The Morgan fingerprint density at radius 3 is 2.48 bits per heavy atom. The van der Waals surface area contributed by atoms with Crippen molar-refractivity contribution < 1.29 is 14.3 Å². The van der Waals surface area contributed by atoms with Crippen LogP contribution in [-0.2, 0) is 11.2 Å². The lowest BCUT2D eigenvalue weighted by molar-refractivity contribution is 0.0600. The third kappa shape index (κ3) is 3.63. The molecule has 0 amide bonds. The SMILES string of the molecule is COC(=O)c1ccc2c(c1)/C(=C/C(=O)c1ccccc1)NC(C)(C)C2. The first-order valence-corrected chi connectivity index (χ1v) is 8.20. The van der Waals surface area contributed by atoms with Gasteiger partial charge in [-0.15, -0.1) is 0 Å². The van der Waals surface area contributed by atoms with E-state index in [1.807, 2.05) is 24.3 Å². The maximum absolute atomic E-state index is 12.6. The number of ether oxygens (including phenoxy) is 1. The standard InChI is InChI=1S/C21H21NO3/c1-21(2)13-16-10-9-15(20(24)25-3)11-17(16)18(22-21)12-19(23)14-7-5-4-6-8-14/h4-12,22H,13H2,1-3H3/b18-12-. The number of carbonyl (C=O) groups is 2. The van der Waals surface area contributed by atoms with Crippen LogP contribution < -0.4 is 5.32 Å². The van der Waals surface area contributed by atoms with Crippen molar-refractivity contribution in [3.05, 3.63) is 76.9 Å². The van der Waals surface area contributed by atoms with Crippen LogP contribution in [0.15, 0.2) is 54.6 Å². The van der Waals surface area contributed by atoms with E-state index in [4.69, 9.17) is 4.74 Å². The fraction of sp³-hybridized carbons (Fsp3) is 0.238. The molecule has 4 nitrogen and oxygen atoms in total. The summed E-state index contributed by atoms with van der Waals surface area (Å²) in [7, 11) is 1.36. The van der Waals surface area contributed by atoms with E-state index < -0.39 is 0 Å². The topological polar surface area (TPSA) is 55.4 Å². The van der Waals surface area contributed by atoms with Crippen LogP contribution in [0.25, 0.3) is 5.70 Å². The first-order chi connectivity index (χ1) is 11.9. The molecule has 0 radical (unpaired) electrons. The van der Waals surface area contributed by atoms with E-state index in [-0.39, 0.29) is 17.3 Å². The van der Waals surface area contributed by atoms with Gasteiger partial charge in [-0.25, -0.2) is 4.79 Å². The second-order valence-corrected chi connectivity index (χ2v) is 6.84. The van der Waals surface area contributed by atoms with Gasteiger partial charge in [0.2, 0.25) is 0 Å². The molecule has 0 saturated carbocycles. The van der Waals surface area contributed by atoms with E-state index in [9.17, 15) is 9.59 Å². The summed E-state index contributed by atoms with van der Waals surface area (Å²) in [4.78, 5) is 24.4. The summed E-state index contributed by atoms with van der Waals surface area (Å²) in [6.07, 6.45) is 2.41. The molecule has 2 aromatic carbocycles. The van der Waals surface area contributed by atoms with E-state index in [2.05, 4.69) is 19.2 Å². The smallest absolute Gasteiger partial charge is 0.337 e. The third-order valence-corrected chi connectivity index (χ3v) is 4.26. The minimum absolute atomic E-state index is 0.0739. The molecule has 0 atom stereocenters. The molecule has 0 bridgehead atoms. The highest BCUT2D eigenvalue weighted by Crippen LogP contribution is 2.31. The lowest BCUT2D eigenvalue weighted by atomic mass is 9.84. The Bertz CT molecular complexity index is 851. The number of allylic oxidation sites excluding steroid dienone is 1. The summed E-state index contributed by atoms with van der Waals surface area (Å²) in [6.45, 7) is 4.18. The average Bonchev–Trinajstić information content (AvgIpc) is 2.60. The van der Waals surface area contributed by atoms with Gasteiger partial charge in [0.25, 0.3) is 0 Å². The summed E-state index contributed by atoms with van der Waals surface area (Å²) < 4.78 is 4.81. The molecular formula is C21H21NO3. The summed E-state index contributed by atoms with van der Waals surface area (Å²) in [6, 6.07) is 14.6. The molecule has 0 saturated heterocycles. The molecule has 0 spiro atoms. The van der Waals surface area contributed by atoms with E-state index in [0.29, 0.717) is 11.1 Å². The maximum Gasteiger partial charge on any atom is 0.337 e. The van der Waals surface area contributed by atoms with Gasteiger partial charge < -0.3 is 10.1 Å². The normalized spacial score (nSPS) is 16.7. The number of methoxy groups -OCH3 is 1. The highest BCUT2D eigenvalue weighted by atomic mass is 16.5. The van der Waals surface area contributed by atoms with E-state index in [1.165, 1.54) is 7.11 Å². The van der Waals surface area contributed by atoms with Gasteiger partial charge in [-0.2, -0.15) is 0 Å². The number of fused-ring (bicyclic) bond motifs is 1. The van der Waals surface area contributed by atoms with Crippen LogP contribution in [-0.4, -0.2) is 24.4 Å². The summed E-state index contributed by atoms with van der Waals surface area (Å²) in [5.41, 5.74) is 3.62. The number of benzene rings is 2. The van der Waals surface area contributed by atoms with Crippen molar-refractivity contribution in [2.45, 2.75) is 25.8 Å². The Morgan fingerprint density at radius 1 is 1.08 bits per heavy atom. The first-order valence-electron chi connectivity index (χ1n) is 8.20. The van der Waals surface area contributed by atoms with E-state index in [1.54, 1.807) is 30.3 Å². The number of carbonyl (C=O) groups excluding carboxylic acids is 2. The predicted octanol–water partition coefficient (Wildman–Crippen LogP) is 3.62. The highest BCUT2D eigenvalue weighted by molar-refractivity contribution is 6.08. The molecule has 0 aromatic heterocycles. The van der Waals surface area contributed by atoms with Gasteiger partial charge in [-0.05, 0) is 38.0 Å². The fourth-order valence-corrected chi connectivity index (χ4v) is 3.11. The van der Waals surface area contributed by atoms with Crippen LogP contribution in [0.4, 0.5) is 0 Å². The van der Waals surface area contributed by atoms with Crippen LogP contribution in [0.3, 0.4) is 0 Å². The second kappa shape index (κ2) is 6.55. The number of nitrogens with one attached hydrogen (secondary N) is 1. The molecule has 0 aliphatic carbocycles. The molecule has 0 unspecified atom stereocenters. The molecule has 25 heavy (non-hydrogen) atoms. The molecule has 1 aliphatic rings. The maximum atomic E-state index is 12.6. The number of ketones is 1. The lowest BCUT2D eigenvalue weighted by Crippen LogP contribution is -2.44. The van der Waals surface area contributed by atoms with Gasteiger partial charge >= 0.3 is 5.97 Å². The van der Waals surface area contributed by atoms with Gasteiger partial charge in [0.1, 0.15) is 0 Å². The minimum atomic E-state index is -0.388. The van der Waals surface area contributed by atoms with Crippen LogP contribution in [0.1, 0.15) is 45.7 Å². The zero-order valence-corrected chi connectivity index (χ0v) is 14.6. The number of rotatable bonds is 3. The predicted molar refractivity (Wildman–Crippen MR) is 97.4 cm³/mol. The zero-order valence-electron chi connectivity index (χ0n) is 14.6. The lowest BCUT2D eigenvalue weighted by Gasteiger charge is -2.35. The third-order valence-electron chi connectivity index (χ3n) is 4.26. The van der Waals surface area contributed by atoms with Crippen molar-refractivity contribution in [2.24, 2.45) is 0 Å². The number of esters is 1. The quantitative estimate of drug-likeness (QED) is 0.529. The molecular weight excluding hydrogens is 314 g/mol. The molecule has 1 N–H and O–H groups in total. The largest absolute Gasteiger partial charge is 0.465 e. The molecule has 128 valence electrons. The summed E-state index contributed by atoms with van der Waals surface area (Å²) >= 11 is 0. The molecule has 4 heteroatoms. The van der Waals surface area contributed by atoms with Crippen molar-refractivity contribution in [3.63, 3.8) is 0 Å². The number of hydrogen-bond acceptors (Lipinski definition) is 4. The Kier molecular flexibility index (Phi) is 4.45. The zero-order chi connectivity index (χ0) is 18.0. The highest BCUT2D eigenvalue weighted by Gasteiger charge is 2.28. The average molecular weight is 335 g/mol. The summed E-state index contributed by atoms with van der Waals surface area (Å²) in [5.74, 6) is -0.461. The molecule has 3 rings (SSSR count). The van der Waals surface area contributed by atoms with Gasteiger partial charge in [0, 0.05) is 28.4 Å². The van der Waals surface area contributed by atoms with Crippen molar-refractivity contribution in [1.29, 1.82) is 0 Å². The Balaban J connectivity index is 2.06. The fourth-order valence-electron chi connectivity index (χ4n) is 3.11. The Hall–Kier alpha value is -2.88. The van der Waals surface area contributed by atoms with Crippen LogP contribution in [0.2, 0.25) is 0 Å². The van der Waals surface area contributed by atoms with Gasteiger partial charge in [-0.3, -0.25) is 4.79 Å². The molecule has 1 aliphatic heterocycles. The van der Waals surface area contributed by atoms with Crippen LogP contribution >= 0.6 is 0 Å².